The fraction of sp³-hybridized carbons (Fsp3) is 0. The molecule has 0 fully saturated rings. The third-order valence-electron chi connectivity index (χ3n) is 2.11. The summed E-state index contributed by atoms with van der Waals surface area (Å²) in [6.07, 6.45) is 0. The zero-order valence-electron chi connectivity index (χ0n) is 7.87. The zero-order valence-corrected chi connectivity index (χ0v) is 8.63. The van der Waals surface area contributed by atoms with Crippen molar-refractivity contribution in [1.82, 2.24) is 0 Å². The van der Waals surface area contributed by atoms with E-state index in [4.69, 9.17) is 17.3 Å². The molecule has 0 heterocycles. The summed E-state index contributed by atoms with van der Waals surface area (Å²) in [6, 6.07) is 11.7. The molecule has 0 aliphatic rings. The molecule has 2 rings (SSSR count). The Morgan fingerprint density at radius 2 is 1.60 bits per heavy atom. The van der Waals surface area contributed by atoms with Gasteiger partial charge in [-0.3, -0.25) is 0 Å². The fourth-order valence-corrected chi connectivity index (χ4v) is 1.62. The van der Waals surface area contributed by atoms with E-state index < -0.39 is 0 Å². The van der Waals surface area contributed by atoms with Crippen LogP contribution in [0.15, 0.2) is 42.5 Å². The molecule has 3 heteroatoms. The smallest absolute Gasteiger partial charge is 0.125 e. The number of nitrogens with two attached hydrogens (primary N) is 1. The maximum atomic E-state index is 13.1. The molecule has 0 unspecified atom stereocenters. The van der Waals surface area contributed by atoms with Crippen molar-refractivity contribution in [3.63, 3.8) is 0 Å². The molecule has 2 N–H and O–H groups in total. The highest BCUT2D eigenvalue weighted by Crippen LogP contribution is 2.24. The van der Waals surface area contributed by atoms with Gasteiger partial charge in [-0.05, 0) is 41.5 Å². The number of halogens is 2. The van der Waals surface area contributed by atoms with Gasteiger partial charge < -0.3 is 5.73 Å². The highest BCUT2D eigenvalue weighted by Gasteiger charge is 2.01. The van der Waals surface area contributed by atoms with Crippen LogP contribution in [-0.4, -0.2) is 0 Å². The normalized spacial score (nSPS) is 10.3. The highest BCUT2D eigenvalue weighted by molar-refractivity contribution is 6.30. The van der Waals surface area contributed by atoms with Crippen molar-refractivity contribution in [2.45, 2.75) is 0 Å². The molecular weight excluding hydrogens is 213 g/mol. The van der Waals surface area contributed by atoms with Gasteiger partial charge in [0, 0.05) is 10.7 Å². The maximum Gasteiger partial charge on any atom is 0.125 e. The summed E-state index contributed by atoms with van der Waals surface area (Å²) in [5.74, 6) is -0.339. The van der Waals surface area contributed by atoms with Crippen LogP contribution in [0.1, 0.15) is 0 Å². The Hall–Kier alpha value is -1.54. The summed E-state index contributed by atoms with van der Waals surface area (Å²) in [6.45, 7) is 0. The first-order valence-corrected chi connectivity index (χ1v) is 4.85. The molecule has 0 spiro atoms. The summed E-state index contributed by atoms with van der Waals surface area (Å²) < 4.78 is 13.1. The first-order valence-electron chi connectivity index (χ1n) is 4.47. The molecular formula is C12H9ClFN. The van der Waals surface area contributed by atoms with E-state index >= 15 is 0 Å². The lowest BCUT2D eigenvalue weighted by Crippen LogP contribution is -1.85. The first-order chi connectivity index (χ1) is 7.15. The van der Waals surface area contributed by atoms with Gasteiger partial charge in [0.2, 0.25) is 0 Å². The van der Waals surface area contributed by atoms with Crippen LogP contribution >= 0.6 is 11.6 Å². The van der Waals surface area contributed by atoms with Gasteiger partial charge in [0.1, 0.15) is 5.82 Å². The third kappa shape index (κ3) is 2.28. The summed E-state index contributed by atoms with van der Waals surface area (Å²) in [7, 11) is 0. The maximum absolute atomic E-state index is 13.1. The molecule has 2 aromatic carbocycles. The average molecular weight is 222 g/mol. The van der Waals surface area contributed by atoms with Crippen LogP contribution in [0.25, 0.3) is 11.1 Å². The second kappa shape index (κ2) is 3.91. The Morgan fingerprint density at radius 3 is 2.20 bits per heavy atom. The largest absolute Gasteiger partial charge is 0.399 e. The summed E-state index contributed by atoms with van der Waals surface area (Å²) in [4.78, 5) is 0. The second-order valence-corrected chi connectivity index (χ2v) is 3.72. The van der Waals surface area contributed by atoms with Gasteiger partial charge in [0.05, 0.1) is 0 Å². The molecule has 1 nitrogen and oxygen atoms in total. The Morgan fingerprint density at radius 1 is 0.933 bits per heavy atom. The number of hydrogen-bond donors (Lipinski definition) is 1. The molecule has 76 valence electrons. The van der Waals surface area contributed by atoms with Gasteiger partial charge >= 0.3 is 0 Å². The Labute approximate surface area is 92.3 Å². The molecule has 0 aliphatic carbocycles. The predicted octanol–water partition coefficient (Wildman–Crippen LogP) is 3.73. The van der Waals surface area contributed by atoms with Crippen LogP contribution in [-0.2, 0) is 0 Å². The van der Waals surface area contributed by atoms with Gasteiger partial charge in [-0.15, -0.1) is 0 Å². The molecule has 0 aliphatic heterocycles. The van der Waals surface area contributed by atoms with Crippen LogP contribution in [0.2, 0.25) is 5.02 Å². The summed E-state index contributed by atoms with van der Waals surface area (Å²) in [5, 5.41) is 0.391. The van der Waals surface area contributed by atoms with Crippen LogP contribution in [0.5, 0.6) is 0 Å². The molecule has 0 saturated carbocycles. The number of hydrogen-bond acceptors (Lipinski definition) is 1. The van der Waals surface area contributed by atoms with Crippen molar-refractivity contribution in [2.24, 2.45) is 0 Å². The van der Waals surface area contributed by atoms with Crippen molar-refractivity contribution in [3.8, 4) is 11.1 Å². The van der Waals surface area contributed by atoms with Gasteiger partial charge in [-0.1, -0.05) is 23.7 Å². The Balaban J connectivity index is 2.49. The summed E-state index contributed by atoms with van der Waals surface area (Å²) in [5.41, 5.74) is 7.89. The van der Waals surface area contributed by atoms with Gasteiger partial charge in [0.25, 0.3) is 0 Å². The van der Waals surface area contributed by atoms with E-state index in [1.807, 2.05) is 12.1 Å². The minimum atomic E-state index is -0.339. The minimum absolute atomic E-state index is 0.339. The molecule has 0 atom stereocenters. The molecule has 0 saturated heterocycles. The second-order valence-electron chi connectivity index (χ2n) is 3.28. The monoisotopic (exact) mass is 221 g/mol. The molecule has 0 amide bonds. The molecule has 0 bridgehead atoms. The molecule has 15 heavy (non-hydrogen) atoms. The van der Waals surface area contributed by atoms with Crippen molar-refractivity contribution < 1.29 is 4.39 Å². The standard InChI is InChI=1S/C12H9ClFN/c13-10-5-9(6-11(14)7-10)8-1-3-12(15)4-2-8/h1-7H,15H2. The molecule has 0 radical (unpaired) electrons. The number of rotatable bonds is 1. The fourth-order valence-electron chi connectivity index (χ4n) is 1.40. The lowest BCUT2D eigenvalue weighted by Gasteiger charge is -2.03. The number of nitrogen functional groups attached to an aromatic ring is 1. The van der Waals surface area contributed by atoms with E-state index in [2.05, 4.69) is 0 Å². The molecule has 2 aromatic rings. The van der Waals surface area contributed by atoms with E-state index in [0.29, 0.717) is 10.7 Å². The Bertz CT molecular complexity index is 459. The SMILES string of the molecule is Nc1ccc(-c2cc(F)cc(Cl)c2)cc1. The van der Waals surface area contributed by atoms with Crippen LogP contribution in [0.3, 0.4) is 0 Å². The lowest BCUT2D eigenvalue weighted by atomic mass is 10.1. The highest BCUT2D eigenvalue weighted by atomic mass is 35.5. The molecule has 0 aromatic heterocycles. The van der Waals surface area contributed by atoms with Crippen molar-refractivity contribution >= 4 is 17.3 Å². The van der Waals surface area contributed by atoms with Crippen molar-refractivity contribution in [3.05, 3.63) is 53.3 Å². The van der Waals surface area contributed by atoms with E-state index in [1.165, 1.54) is 12.1 Å². The van der Waals surface area contributed by atoms with Crippen LogP contribution in [0, 0.1) is 5.82 Å². The number of benzene rings is 2. The third-order valence-corrected chi connectivity index (χ3v) is 2.32. The topological polar surface area (TPSA) is 26.0 Å². The zero-order chi connectivity index (χ0) is 10.8. The van der Waals surface area contributed by atoms with Crippen molar-refractivity contribution in [1.29, 1.82) is 0 Å². The minimum Gasteiger partial charge on any atom is -0.399 e. The van der Waals surface area contributed by atoms with Gasteiger partial charge in [-0.25, -0.2) is 4.39 Å². The van der Waals surface area contributed by atoms with Gasteiger partial charge in [0.15, 0.2) is 0 Å². The average Bonchev–Trinajstić information content (AvgIpc) is 2.17. The predicted molar refractivity (Wildman–Crippen MR) is 61.3 cm³/mol. The van der Waals surface area contributed by atoms with Crippen LogP contribution < -0.4 is 5.73 Å². The van der Waals surface area contributed by atoms with E-state index in [-0.39, 0.29) is 5.82 Å². The summed E-state index contributed by atoms with van der Waals surface area (Å²) >= 11 is 5.77. The van der Waals surface area contributed by atoms with Gasteiger partial charge in [-0.2, -0.15) is 0 Å². The van der Waals surface area contributed by atoms with E-state index in [9.17, 15) is 4.39 Å². The first kappa shape index (κ1) is 9.99. The van der Waals surface area contributed by atoms with Crippen molar-refractivity contribution in [2.75, 3.05) is 5.73 Å². The van der Waals surface area contributed by atoms with E-state index in [0.717, 1.165) is 11.1 Å². The number of anilines is 1. The quantitative estimate of drug-likeness (QED) is 0.730. The Kier molecular flexibility index (Phi) is 2.60. The van der Waals surface area contributed by atoms with E-state index in [1.54, 1.807) is 18.2 Å². The lowest BCUT2D eigenvalue weighted by molar-refractivity contribution is 0.628. The van der Waals surface area contributed by atoms with Crippen LogP contribution in [0.4, 0.5) is 10.1 Å².